The lowest BCUT2D eigenvalue weighted by Gasteiger charge is -2.35. The second-order valence-corrected chi connectivity index (χ2v) is 43.4. The molecule has 0 bridgehead atoms. The highest BCUT2D eigenvalue weighted by atomic mass is 16.5. The molecule has 6 aliphatic rings. The topological polar surface area (TPSA) is 24.9 Å². The number of rotatable bonds is 30. The Morgan fingerprint density at radius 3 is 0.903 bits per heavy atom. The quantitative estimate of drug-likeness (QED) is 0.0419. The van der Waals surface area contributed by atoms with Gasteiger partial charge in [0.25, 0.3) is 0 Å². The summed E-state index contributed by atoms with van der Waals surface area (Å²) in [5, 5.41) is 0. The summed E-state index contributed by atoms with van der Waals surface area (Å²) in [6.07, 6.45) is 15.6. The van der Waals surface area contributed by atoms with Gasteiger partial charge in [0.1, 0.15) is 23.0 Å². The minimum absolute atomic E-state index is 0.124. The van der Waals surface area contributed by atoms with Crippen LogP contribution in [0.3, 0.4) is 0 Å². The van der Waals surface area contributed by atoms with Crippen molar-refractivity contribution in [3.63, 3.8) is 0 Å². The number of hydrogen-bond donors (Lipinski definition) is 0. The lowest BCUT2D eigenvalue weighted by atomic mass is 9.67. The summed E-state index contributed by atoms with van der Waals surface area (Å²) in [7, 11) is 0. The number of fused-ring (bicyclic) bond motifs is 14. The molecule has 0 aliphatic heterocycles. The van der Waals surface area contributed by atoms with E-state index in [2.05, 4.69) is 498 Å². The molecular formula is C141H132N2O2. The summed E-state index contributed by atoms with van der Waals surface area (Å²) < 4.78 is 13.4. The molecule has 6 unspecified atom stereocenters. The van der Waals surface area contributed by atoms with Crippen molar-refractivity contribution in [2.45, 2.75) is 211 Å². The molecule has 0 N–H and O–H groups in total. The average Bonchev–Trinajstić information content (AvgIpc) is 1.54. The van der Waals surface area contributed by atoms with Crippen molar-refractivity contribution < 1.29 is 9.47 Å². The van der Waals surface area contributed by atoms with Gasteiger partial charge in [0.2, 0.25) is 0 Å². The zero-order valence-electron chi connectivity index (χ0n) is 86.0. The number of aryl methyl sites for hydroxylation is 5. The van der Waals surface area contributed by atoms with Crippen molar-refractivity contribution in [2.75, 3.05) is 9.80 Å². The summed E-state index contributed by atoms with van der Waals surface area (Å²) in [4.78, 5) is 4.92. The van der Waals surface area contributed by atoms with Gasteiger partial charge in [-0.1, -0.05) is 387 Å². The minimum Gasteiger partial charge on any atom is -0.457 e. The fraction of sp³-hybridized carbons (Fsp3) is 0.234. The van der Waals surface area contributed by atoms with Crippen LogP contribution in [-0.4, -0.2) is 0 Å². The van der Waals surface area contributed by atoms with Crippen LogP contribution in [0.25, 0.3) is 44.5 Å². The molecule has 18 aromatic carbocycles. The zero-order chi connectivity index (χ0) is 98.8. The Kier molecular flexibility index (Phi) is 25.2. The molecule has 0 amide bonds. The smallest absolute Gasteiger partial charge is 0.127 e. The van der Waals surface area contributed by atoms with Gasteiger partial charge in [0.05, 0.1) is 10.8 Å². The van der Waals surface area contributed by atoms with E-state index < -0.39 is 10.8 Å². The van der Waals surface area contributed by atoms with Crippen molar-refractivity contribution in [3.05, 3.63) is 535 Å². The summed E-state index contributed by atoms with van der Waals surface area (Å²) in [6, 6.07) is 155. The van der Waals surface area contributed by atoms with Crippen molar-refractivity contribution in [1.82, 2.24) is 0 Å². The Hall–Kier alpha value is -14.8. The average molecular weight is 1890 g/mol. The van der Waals surface area contributed by atoms with E-state index in [1.807, 2.05) is 0 Å². The third kappa shape index (κ3) is 16.9. The first-order valence-electron chi connectivity index (χ1n) is 53.7. The van der Waals surface area contributed by atoms with Gasteiger partial charge in [-0.25, -0.2) is 0 Å². The Labute approximate surface area is 860 Å². The van der Waals surface area contributed by atoms with E-state index in [9.17, 15) is 0 Å². The van der Waals surface area contributed by atoms with Crippen LogP contribution in [0.15, 0.2) is 413 Å². The molecule has 718 valence electrons. The van der Waals surface area contributed by atoms with Gasteiger partial charge in [0.15, 0.2) is 0 Å². The van der Waals surface area contributed by atoms with Crippen LogP contribution < -0.4 is 19.3 Å². The predicted octanol–water partition coefficient (Wildman–Crippen LogP) is 38.1. The molecular weight excluding hydrogens is 1750 g/mol. The summed E-state index contributed by atoms with van der Waals surface area (Å²) in [5.41, 5.74) is 45.9. The highest BCUT2D eigenvalue weighted by molar-refractivity contribution is 5.94. The molecule has 0 radical (unpaired) electrons. The van der Waals surface area contributed by atoms with Crippen molar-refractivity contribution in [1.29, 1.82) is 0 Å². The zero-order valence-corrected chi connectivity index (χ0v) is 86.0. The molecule has 6 atom stereocenters. The summed E-state index contributed by atoms with van der Waals surface area (Å²) in [5.74, 6) is 5.79. The first-order chi connectivity index (χ1) is 70.8. The number of anilines is 6. The highest BCUT2D eigenvalue weighted by Gasteiger charge is 2.50. The first kappa shape index (κ1) is 93.8. The Morgan fingerprint density at radius 1 is 0.248 bits per heavy atom. The summed E-state index contributed by atoms with van der Waals surface area (Å²) in [6.45, 7) is 25.7. The van der Waals surface area contributed by atoms with E-state index in [4.69, 9.17) is 9.47 Å². The van der Waals surface area contributed by atoms with Crippen molar-refractivity contribution >= 4 is 34.1 Å². The number of ether oxygens (including phenoxy) is 2. The van der Waals surface area contributed by atoms with Crippen LogP contribution in [0, 0.1) is 0 Å². The fourth-order valence-corrected chi connectivity index (χ4v) is 25.6. The molecule has 0 aromatic heterocycles. The maximum atomic E-state index is 6.69. The number of benzene rings is 18. The third-order valence-corrected chi connectivity index (χ3v) is 33.9. The maximum absolute atomic E-state index is 6.69. The summed E-state index contributed by atoms with van der Waals surface area (Å²) >= 11 is 0. The standard InChI is InChI=1S/C72H69NO.C69H63NO/c1-6-8-9-11-18-50-25-33-56(34-26-50)72(57-35-41-62(42-36-57)74-61-39-31-52(32-40-61)49(3)45-51(7-2)54-29-27-53-28-30-55(53)46-54)68-24-17-15-22-64(68)66-44-38-60(48-70(66)72)73(58-19-12-10-13-20-58)59-37-43-65-63-21-14-16-23-67(63)71(4,5)69(65)47-59;1-7-47(51-23-21-50-22-24-52(50)42-51)41-46(4)49-27-35-58(36-28-49)71-59-37-31-54(32-38-59)69(53-29-25-48(26-30-53)45(2)3)65-20-14-12-18-61(65)63-40-34-57(44-67(63)69)70(55-15-9-8-10-16-55)56-33-39-62-60-17-11-13-19-64(60)68(5,6)66(62)43-56/h10,12-17,19-27,29,31-44,46-49,51H,6-9,11,18,28,30,45H2,1-5H3;8-21,23,25-40,42-47H,7,22,24,41H2,1-6H3. The number of para-hydroxylation sites is 2. The second kappa shape index (κ2) is 39.0. The molecule has 0 saturated heterocycles. The van der Waals surface area contributed by atoms with Crippen LogP contribution in [0.5, 0.6) is 23.0 Å². The molecule has 24 rings (SSSR count). The van der Waals surface area contributed by atoms with E-state index in [1.165, 1.54) is 207 Å². The van der Waals surface area contributed by atoms with E-state index in [-0.39, 0.29) is 10.8 Å². The Balaban J connectivity index is 0.000000160. The number of hydrogen-bond acceptors (Lipinski definition) is 4. The molecule has 0 saturated carbocycles. The van der Waals surface area contributed by atoms with E-state index in [0.29, 0.717) is 29.6 Å². The third-order valence-electron chi connectivity index (χ3n) is 33.9. The normalized spacial score (nSPS) is 16.4. The van der Waals surface area contributed by atoms with Gasteiger partial charge in [-0.2, -0.15) is 0 Å². The molecule has 6 aliphatic carbocycles. The molecule has 0 heterocycles. The molecule has 0 fully saturated rings. The lowest BCUT2D eigenvalue weighted by Crippen LogP contribution is -2.29. The minimum atomic E-state index is -0.603. The largest absolute Gasteiger partial charge is 0.457 e. The van der Waals surface area contributed by atoms with Gasteiger partial charge in [-0.15, -0.1) is 0 Å². The predicted molar refractivity (Wildman–Crippen MR) is 607 cm³/mol. The van der Waals surface area contributed by atoms with Crippen LogP contribution in [-0.2, 0) is 53.8 Å². The molecule has 0 spiro atoms. The van der Waals surface area contributed by atoms with Crippen molar-refractivity contribution in [2.24, 2.45) is 0 Å². The molecule has 145 heavy (non-hydrogen) atoms. The van der Waals surface area contributed by atoms with Gasteiger partial charge < -0.3 is 19.3 Å². The van der Waals surface area contributed by atoms with E-state index >= 15 is 0 Å². The first-order valence-corrected chi connectivity index (χ1v) is 53.7. The van der Waals surface area contributed by atoms with E-state index in [0.717, 1.165) is 89.2 Å². The lowest BCUT2D eigenvalue weighted by molar-refractivity contribution is 0.481. The highest BCUT2D eigenvalue weighted by Crippen LogP contribution is 2.62. The maximum Gasteiger partial charge on any atom is 0.127 e. The second-order valence-electron chi connectivity index (χ2n) is 43.4. The molecule has 18 aromatic rings. The van der Waals surface area contributed by atoms with Crippen molar-refractivity contribution in [3.8, 4) is 67.5 Å². The van der Waals surface area contributed by atoms with Gasteiger partial charge in [-0.3, -0.25) is 0 Å². The Morgan fingerprint density at radius 2 is 0.552 bits per heavy atom. The monoisotopic (exact) mass is 1890 g/mol. The van der Waals surface area contributed by atoms with Crippen LogP contribution in [0.1, 0.15) is 280 Å². The van der Waals surface area contributed by atoms with Crippen LogP contribution >= 0.6 is 0 Å². The SMILES string of the molecule is CCC(CC(C)c1ccc(Oc2ccc(C3(c4ccc(C(C)C)cc4)c4ccccc4-c4ccc(N(c5ccccc5)c5ccc6c(c5)C(C)(C)c5ccccc5-6)cc43)cc2)cc1)c1ccc2c(c1)CC2.CCCCCCc1ccc(C2(c3ccc(Oc4ccc(C(C)CC(CC)c5ccc6c(c5)CC6)cc4)cc3)c3ccccc3-c3ccc(N(c4ccccc4)c4ccc5c(c4)C(C)(C)c4ccccc4-5)cc32)cc1. The molecule has 4 heteroatoms. The van der Waals surface area contributed by atoms with Gasteiger partial charge in [0, 0.05) is 45.0 Å². The Bertz CT molecular complexity index is 7800. The van der Waals surface area contributed by atoms with Gasteiger partial charge in [-0.05, 0) is 382 Å². The number of nitrogens with zero attached hydrogens (tertiary/aromatic N) is 2. The van der Waals surface area contributed by atoms with Crippen LogP contribution in [0.4, 0.5) is 34.1 Å². The molecule has 4 nitrogen and oxygen atoms in total. The van der Waals surface area contributed by atoms with Gasteiger partial charge >= 0.3 is 0 Å². The number of unbranched alkanes of at least 4 members (excludes halogenated alkanes) is 3. The van der Waals surface area contributed by atoms with E-state index in [1.54, 1.807) is 11.1 Å². The van der Waals surface area contributed by atoms with Crippen LogP contribution in [0.2, 0.25) is 0 Å². The fourth-order valence-electron chi connectivity index (χ4n) is 25.6.